The van der Waals surface area contributed by atoms with Gasteiger partial charge in [0, 0.05) is 19.3 Å². The molecule has 2 aromatic rings. The first kappa shape index (κ1) is 15.9. The van der Waals surface area contributed by atoms with Gasteiger partial charge in [-0.05, 0) is 31.5 Å². The summed E-state index contributed by atoms with van der Waals surface area (Å²) in [4.78, 5) is 3.96. The van der Waals surface area contributed by atoms with Crippen LogP contribution in [0.3, 0.4) is 0 Å². The minimum atomic E-state index is -3.60. The van der Waals surface area contributed by atoms with Gasteiger partial charge >= 0.3 is 0 Å². The van der Waals surface area contributed by atoms with E-state index in [9.17, 15) is 8.42 Å². The van der Waals surface area contributed by atoms with Gasteiger partial charge in [-0.25, -0.2) is 13.4 Å². The van der Waals surface area contributed by atoms with Gasteiger partial charge in [0.05, 0.1) is 0 Å². The zero-order chi connectivity index (χ0) is 15.6. The molecule has 0 radical (unpaired) electrons. The molecule has 1 aromatic heterocycles. The number of benzene rings is 1. The first-order chi connectivity index (χ1) is 9.82. The third-order valence-electron chi connectivity index (χ3n) is 3.48. The predicted molar refractivity (Wildman–Crippen MR) is 83.8 cm³/mol. The van der Waals surface area contributed by atoms with Crippen LogP contribution in [0, 0.1) is 6.92 Å². The summed E-state index contributed by atoms with van der Waals surface area (Å²) in [6.07, 6.45) is 1.27. The highest BCUT2D eigenvalue weighted by Crippen LogP contribution is 2.25. The SMILES string of the molecule is Cc1ccc(C(C)N(C)S(=O)(=O)c2ccc(Cl)nc2)cc1. The van der Waals surface area contributed by atoms with Crippen molar-refractivity contribution in [3.05, 3.63) is 58.9 Å². The second kappa shape index (κ2) is 6.13. The number of aromatic nitrogens is 1. The van der Waals surface area contributed by atoms with E-state index in [-0.39, 0.29) is 16.1 Å². The van der Waals surface area contributed by atoms with Gasteiger partial charge in [0.15, 0.2) is 0 Å². The molecule has 0 fully saturated rings. The van der Waals surface area contributed by atoms with E-state index in [1.165, 1.54) is 22.6 Å². The Hall–Kier alpha value is -1.43. The van der Waals surface area contributed by atoms with E-state index in [1.807, 2.05) is 38.1 Å². The molecule has 1 heterocycles. The van der Waals surface area contributed by atoms with Gasteiger partial charge in [0.1, 0.15) is 10.0 Å². The highest BCUT2D eigenvalue weighted by Gasteiger charge is 2.26. The van der Waals surface area contributed by atoms with E-state index in [4.69, 9.17) is 11.6 Å². The Morgan fingerprint density at radius 2 is 1.76 bits per heavy atom. The monoisotopic (exact) mass is 324 g/mol. The van der Waals surface area contributed by atoms with Crippen molar-refractivity contribution in [1.29, 1.82) is 0 Å². The number of hydrogen-bond donors (Lipinski definition) is 0. The molecule has 0 saturated heterocycles. The van der Waals surface area contributed by atoms with Crippen LogP contribution in [0.15, 0.2) is 47.5 Å². The summed E-state index contributed by atoms with van der Waals surface area (Å²) in [5, 5.41) is 0.267. The van der Waals surface area contributed by atoms with E-state index in [0.717, 1.165) is 11.1 Å². The van der Waals surface area contributed by atoms with Crippen molar-refractivity contribution in [2.75, 3.05) is 7.05 Å². The second-order valence-corrected chi connectivity index (χ2v) is 7.31. The molecule has 4 nitrogen and oxygen atoms in total. The molecule has 0 bridgehead atoms. The molecule has 0 spiro atoms. The molecule has 1 aromatic carbocycles. The number of nitrogens with zero attached hydrogens (tertiary/aromatic N) is 2. The molecule has 1 atom stereocenters. The predicted octanol–water partition coefficient (Wildman–Crippen LogP) is 3.43. The summed E-state index contributed by atoms with van der Waals surface area (Å²) in [6, 6.07) is 10.5. The van der Waals surface area contributed by atoms with E-state index in [2.05, 4.69) is 4.98 Å². The molecule has 112 valence electrons. The number of sulfonamides is 1. The smallest absolute Gasteiger partial charge is 0.243 e. The van der Waals surface area contributed by atoms with Crippen LogP contribution in [0.1, 0.15) is 24.1 Å². The van der Waals surface area contributed by atoms with Crippen LogP contribution in [0.25, 0.3) is 0 Å². The number of hydrogen-bond acceptors (Lipinski definition) is 3. The van der Waals surface area contributed by atoms with Gasteiger partial charge in [0.2, 0.25) is 10.0 Å². The van der Waals surface area contributed by atoms with Gasteiger partial charge < -0.3 is 0 Å². The molecule has 0 N–H and O–H groups in total. The van der Waals surface area contributed by atoms with Crippen LogP contribution >= 0.6 is 11.6 Å². The zero-order valence-corrected chi connectivity index (χ0v) is 13.7. The first-order valence-electron chi connectivity index (χ1n) is 6.48. The van der Waals surface area contributed by atoms with E-state index < -0.39 is 10.0 Å². The lowest BCUT2D eigenvalue weighted by Crippen LogP contribution is -2.29. The third-order valence-corrected chi connectivity index (χ3v) is 5.62. The summed E-state index contributed by atoms with van der Waals surface area (Å²) < 4.78 is 26.5. The van der Waals surface area contributed by atoms with Crippen molar-refractivity contribution in [3.63, 3.8) is 0 Å². The van der Waals surface area contributed by atoms with Crippen LogP contribution in [-0.4, -0.2) is 24.8 Å². The minimum Gasteiger partial charge on any atom is -0.243 e. The Balaban J connectivity index is 2.31. The fraction of sp³-hybridized carbons (Fsp3) is 0.267. The summed E-state index contributed by atoms with van der Waals surface area (Å²) in [7, 11) is -2.04. The molecular weight excluding hydrogens is 308 g/mol. The zero-order valence-electron chi connectivity index (χ0n) is 12.1. The average molecular weight is 325 g/mol. The number of halogens is 1. The molecule has 0 aliphatic carbocycles. The number of aryl methyl sites for hydroxylation is 1. The standard InChI is InChI=1S/C15H17ClN2O2S/c1-11-4-6-13(7-5-11)12(2)18(3)21(19,20)14-8-9-15(16)17-10-14/h4-10,12H,1-3H3. The van der Waals surface area contributed by atoms with Gasteiger partial charge in [0.25, 0.3) is 0 Å². The van der Waals surface area contributed by atoms with Crippen molar-refractivity contribution in [1.82, 2.24) is 9.29 Å². The number of pyridine rings is 1. The van der Waals surface area contributed by atoms with Gasteiger partial charge in [-0.3, -0.25) is 0 Å². The quantitative estimate of drug-likeness (QED) is 0.810. The van der Waals surface area contributed by atoms with E-state index >= 15 is 0 Å². The van der Waals surface area contributed by atoms with Gasteiger partial charge in [-0.2, -0.15) is 4.31 Å². The van der Waals surface area contributed by atoms with Gasteiger partial charge in [-0.15, -0.1) is 0 Å². The largest absolute Gasteiger partial charge is 0.244 e. The maximum Gasteiger partial charge on any atom is 0.244 e. The van der Waals surface area contributed by atoms with Crippen LogP contribution in [0.2, 0.25) is 5.15 Å². The molecule has 2 rings (SSSR count). The van der Waals surface area contributed by atoms with Crippen LogP contribution in [-0.2, 0) is 10.0 Å². The number of rotatable bonds is 4. The third kappa shape index (κ3) is 3.43. The maximum atomic E-state index is 12.6. The highest BCUT2D eigenvalue weighted by atomic mass is 35.5. The Morgan fingerprint density at radius 3 is 2.29 bits per heavy atom. The summed E-state index contributed by atoms with van der Waals surface area (Å²) in [5.74, 6) is 0. The Bertz CT molecular complexity index is 712. The normalized spacial score (nSPS) is 13.4. The van der Waals surface area contributed by atoms with E-state index in [0.29, 0.717) is 0 Å². The summed E-state index contributed by atoms with van der Waals surface area (Å²) in [6.45, 7) is 3.85. The average Bonchev–Trinajstić information content (AvgIpc) is 2.47. The topological polar surface area (TPSA) is 50.3 Å². The van der Waals surface area contributed by atoms with Crippen molar-refractivity contribution < 1.29 is 8.42 Å². The van der Waals surface area contributed by atoms with Crippen molar-refractivity contribution in [3.8, 4) is 0 Å². The molecule has 0 aliphatic rings. The Morgan fingerprint density at radius 1 is 1.14 bits per heavy atom. The Labute approximate surface area is 130 Å². The van der Waals surface area contributed by atoms with Crippen molar-refractivity contribution in [2.45, 2.75) is 24.8 Å². The molecule has 0 saturated carbocycles. The van der Waals surface area contributed by atoms with E-state index in [1.54, 1.807) is 7.05 Å². The van der Waals surface area contributed by atoms with Crippen LogP contribution in [0.5, 0.6) is 0 Å². The summed E-state index contributed by atoms with van der Waals surface area (Å²) in [5.41, 5.74) is 2.08. The second-order valence-electron chi connectivity index (χ2n) is 4.92. The lowest BCUT2D eigenvalue weighted by molar-refractivity contribution is 0.398. The van der Waals surface area contributed by atoms with Crippen molar-refractivity contribution >= 4 is 21.6 Å². The first-order valence-corrected chi connectivity index (χ1v) is 8.30. The lowest BCUT2D eigenvalue weighted by Gasteiger charge is -2.24. The molecule has 6 heteroatoms. The fourth-order valence-corrected chi connectivity index (χ4v) is 3.35. The van der Waals surface area contributed by atoms with Crippen molar-refractivity contribution in [2.24, 2.45) is 0 Å². The lowest BCUT2D eigenvalue weighted by atomic mass is 10.1. The molecule has 1 unspecified atom stereocenters. The summed E-state index contributed by atoms with van der Waals surface area (Å²) >= 11 is 5.70. The Kier molecular flexibility index (Phi) is 4.66. The fourth-order valence-electron chi connectivity index (χ4n) is 1.94. The highest BCUT2D eigenvalue weighted by molar-refractivity contribution is 7.89. The van der Waals surface area contributed by atoms with Crippen LogP contribution in [0.4, 0.5) is 0 Å². The molecule has 21 heavy (non-hydrogen) atoms. The molecule has 0 amide bonds. The molecular formula is C15H17ClN2O2S. The minimum absolute atomic E-state index is 0.133. The van der Waals surface area contributed by atoms with Crippen LogP contribution < -0.4 is 0 Å². The maximum absolute atomic E-state index is 12.6. The van der Waals surface area contributed by atoms with Gasteiger partial charge in [-0.1, -0.05) is 41.4 Å². The molecule has 0 aliphatic heterocycles.